The van der Waals surface area contributed by atoms with Gasteiger partial charge < -0.3 is 9.84 Å². The van der Waals surface area contributed by atoms with Gasteiger partial charge in [0.05, 0.1) is 6.54 Å². The normalized spacial score (nSPS) is 16.2. The first-order valence-electron chi connectivity index (χ1n) is 8.75. The van der Waals surface area contributed by atoms with Crippen LogP contribution in [-0.2, 0) is 19.4 Å². The summed E-state index contributed by atoms with van der Waals surface area (Å²) in [6.45, 7) is 2.55. The zero-order valence-corrected chi connectivity index (χ0v) is 15.5. The third kappa shape index (κ3) is 3.73. The molecule has 0 fully saturated rings. The van der Waals surface area contributed by atoms with E-state index < -0.39 is 0 Å². The molecule has 0 radical (unpaired) electrons. The van der Waals surface area contributed by atoms with Gasteiger partial charge in [-0.25, -0.2) is 4.39 Å². The standard InChI is InChI=1S/C19H18ClFN4O2/c1-11-2-7-16-14(8-11)17(24-27-16)19(26)22-18-15(20)10-25(23-18)9-12-3-5-13(21)6-4-12/h3-6,10-11H,2,7-9H2,1H3,(H,22,23,26). The lowest BCUT2D eigenvalue weighted by molar-refractivity contribution is 0.101. The Morgan fingerprint density at radius 3 is 2.96 bits per heavy atom. The van der Waals surface area contributed by atoms with Crippen molar-refractivity contribution in [3.63, 3.8) is 0 Å². The van der Waals surface area contributed by atoms with Gasteiger partial charge in [-0.05, 0) is 36.5 Å². The molecule has 0 bridgehead atoms. The molecule has 1 aromatic carbocycles. The Labute approximate surface area is 160 Å². The van der Waals surface area contributed by atoms with Crippen LogP contribution >= 0.6 is 11.6 Å². The molecule has 1 amide bonds. The maximum atomic E-state index is 13.0. The number of aryl methyl sites for hydroxylation is 1. The summed E-state index contributed by atoms with van der Waals surface area (Å²) < 4.78 is 19.9. The van der Waals surface area contributed by atoms with Gasteiger partial charge in [-0.15, -0.1) is 0 Å². The predicted molar refractivity (Wildman–Crippen MR) is 98.4 cm³/mol. The summed E-state index contributed by atoms with van der Waals surface area (Å²) in [5, 5.41) is 11.3. The van der Waals surface area contributed by atoms with Gasteiger partial charge in [0.15, 0.2) is 11.5 Å². The van der Waals surface area contributed by atoms with Crippen molar-refractivity contribution in [3.8, 4) is 0 Å². The van der Waals surface area contributed by atoms with Gasteiger partial charge in [0.2, 0.25) is 0 Å². The Kier molecular flexibility index (Phi) is 4.70. The highest BCUT2D eigenvalue weighted by Crippen LogP contribution is 2.29. The molecule has 140 valence electrons. The van der Waals surface area contributed by atoms with Crippen molar-refractivity contribution in [2.75, 3.05) is 5.32 Å². The summed E-state index contributed by atoms with van der Waals surface area (Å²) in [6.07, 6.45) is 4.21. The first kappa shape index (κ1) is 17.7. The molecule has 27 heavy (non-hydrogen) atoms. The highest BCUT2D eigenvalue weighted by Gasteiger charge is 2.27. The summed E-state index contributed by atoms with van der Waals surface area (Å²) in [5.41, 5.74) is 2.03. The van der Waals surface area contributed by atoms with Gasteiger partial charge in [-0.2, -0.15) is 5.10 Å². The van der Waals surface area contributed by atoms with E-state index in [1.165, 1.54) is 12.1 Å². The van der Waals surface area contributed by atoms with Crippen LogP contribution < -0.4 is 5.32 Å². The van der Waals surface area contributed by atoms with E-state index in [1.54, 1.807) is 23.0 Å². The van der Waals surface area contributed by atoms with Crippen LogP contribution in [-0.4, -0.2) is 20.8 Å². The topological polar surface area (TPSA) is 73.0 Å². The molecule has 1 atom stereocenters. The van der Waals surface area contributed by atoms with Crippen LogP contribution in [0.5, 0.6) is 0 Å². The van der Waals surface area contributed by atoms with Crippen molar-refractivity contribution in [2.45, 2.75) is 32.7 Å². The van der Waals surface area contributed by atoms with Crippen LogP contribution in [0.1, 0.15) is 40.7 Å². The van der Waals surface area contributed by atoms with Crippen molar-refractivity contribution >= 4 is 23.3 Å². The fourth-order valence-electron chi connectivity index (χ4n) is 3.26. The lowest BCUT2D eigenvalue weighted by atomic mass is 9.88. The number of fused-ring (bicyclic) bond motifs is 1. The number of aromatic nitrogens is 3. The molecular formula is C19H18ClFN4O2. The number of hydrogen-bond acceptors (Lipinski definition) is 4. The summed E-state index contributed by atoms with van der Waals surface area (Å²) in [4.78, 5) is 12.6. The molecule has 4 rings (SSSR count). The van der Waals surface area contributed by atoms with Crippen LogP contribution in [0.25, 0.3) is 0 Å². The van der Waals surface area contributed by atoms with E-state index in [1.807, 2.05) is 0 Å². The van der Waals surface area contributed by atoms with Crippen LogP contribution in [0.4, 0.5) is 10.2 Å². The molecule has 0 aliphatic heterocycles. The van der Waals surface area contributed by atoms with E-state index >= 15 is 0 Å². The zero-order chi connectivity index (χ0) is 19.0. The molecule has 0 saturated carbocycles. The summed E-state index contributed by atoms with van der Waals surface area (Å²) >= 11 is 6.21. The van der Waals surface area contributed by atoms with E-state index in [0.717, 1.165) is 36.1 Å². The number of hydrogen-bond donors (Lipinski definition) is 1. The SMILES string of the molecule is CC1CCc2onc(C(=O)Nc3nn(Cc4ccc(F)cc4)cc3Cl)c2C1. The molecule has 8 heteroatoms. The largest absolute Gasteiger partial charge is 0.360 e. The first-order valence-corrected chi connectivity index (χ1v) is 9.13. The Morgan fingerprint density at radius 1 is 1.41 bits per heavy atom. The number of carbonyl (C=O) groups is 1. The third-order valence-electron chi connectivity index (χ3n) is 4.71. The van der Waals surface area contributed by atoms with Gasteiger partial charge in [0, 0.05) is 18.2 Å². The third-order valence-corrected chi connectivity index (χ3v) is 4.98. The molecular weight excluding hydrogens is 371 g/mol. The average Bonchev–Trinajstić information content (AvgIpc) is 3.20. The molecule has 1 unspecified atom stereocenters. The molecule has 2 heterocycles. The van der Waals surface area contributed by atoms with Gasteiger partial charge >= 0.3 is 0 Å². The smallest absolute Gasteiger partial charge is 0.279 e. The average molecular weight is 389 g/mol. The van der Waals surface area contributed by atoms with E-state index in [4.69, 9.17) is 16.1 Å². The second-order valence-electron chi connectivity index (χ2n) is 6.88. The molecule has 3 aromatic rings. The van der Waals surface area contributed by atoms with Crippen LogP contribution in [0, 0.1) is 11.7 Å². The maximum absolute atomic E-state index is 13.0. The second kappa shape index (κ2) is 7.15. The molecule has 0 spiro atoms. The van der Waals surface area contributed by atoms with Crippen molar-refractivity contribution in [3.05, 3.63) is 63.9 Å². The number of nitrogens with zero attached hydrogens (tertiary/aromatic N) is 3. The number of benzene rings is 1. The summed E-state index contributed by atoms with van der Waals surface area (Å²) in [6, 6.07) is 6.12. The molecule has 6 nitrogen and oxygen atoms in total. The fourth-order valence-corrected chi connectivity index (χ4v) is 3.46. The van der Waals surface area contributed by atoms with Gasteiger partial charge in [0.1, 0.15) is 16.6 Å². The van der Waals surface area contributed by atoms with Gasteiger partial charge in [-0.3, -0.25) is 9.48 Å². The number of rotatable bonds is 4. The van der Waals surface area contributed by atoms with Crippen molar-refractivity contribution < 1.29 is 13.7 Å². The van der Waals surface area contributed by atoms with E-state index in [0.29, 0.717) is 23.2 Å². The number of carbonyl (C=O) groups excluding carboxylic acids is 1. The van der Waals surface area contributed by atoms with E-state index in [9.17, 15) is 9.18 Å². The van der Waals surface area contributed by atoms with Crippen molar-refractivity contribution in [2.24, 2.45) is 5.92 Å². The van der Waals surface area contributed by atoms with Crippen molar-refractivity contribution in [1.29, 1.82) is 0 Å². The Morgan fingerprint density at radius 2 is 2.19 bits per heavy atom. The Balaban J connectivity index is 1.50. The number of halogens is 2. The number of nitrogens with one attached hydrogen (secondary N) is 1. The van der Waals surface area contributed by atoms with E-state index in [2.05, 4.69) is 22.5 Å². The minimum absolute atomic E-state index is 0.254. The van der Waals surface area contributed by atoms with Crippen LogP contribution in [0.3, 0.4) is 0 Å². The second-order valence-corrected chi connectivity index (χ2v) is 7.29. The quantitative estimate of drug-likeness (QED) is 0.730. The zero-order valence-electron chi connectivity index (χ0n) is 14.7. The Hall–Kier alpha value is -2.67. The molecule has 1 N–H and O–H groups in total. The summed E-state index contributed by atoms with van der Waals surface area (Å²) in [5.74, 6) is 0.844. The lowest BCUT2D eigenvalue weighted by Gasteiger charge is -2.16. The Bertz CT molecular complexity index is 980. The molecule has 1 aliphatic carbocycles. The monoisotopic (exact) mass is 388 g/mol. The van der Waals surface area contributed by atoms with Crippen molar-refractivity contribution in [1.82, 2.24) is 14.9 Å². The van der Waals surface area contributed by atoms with Crippen LogP contribution in [0.15, 0.2) is 35.0 Å². The highest BCUT2D eigenvalue weighted by atomic mass is 35.5. The maximum Gasteiger partial charge on any atom is 0.279 e. The minimum atomic E-state index is -0.386. The molecule has 0 saturated heterocycles. The van der Waals surface area contributed by atoms with Gasteiger partial charge in [0.25, 0.3) is 5.91 Å². The lowest BCUT2D eigenvalue weighted by Crippen LogP contribution is -2.18. The fraction of sp³-hybridized carbons (Fsp3) is 0.316. The minimum Gasteiger partial charge on any atom is -0.360 e. The highest BCUT2D eigenvalue weighted by molar-refractivity contribution is 6.33. The number of anilines is 1. The van der Waals surface area contributed by atoms with E-state index in [-0.39, 0.29) is 17.5 Å². The molecule has 1 aliphatic rings. The van der Waals surface area contributed by atoms with Gasteiger partial charge in [-0.1, -0.05) is 35.8 Å². The predicted octanol–water partition coefficient (Wildman–Crippen LogP) is 4.09. The molecule has 2 aromatic heterocycles. The van der Waals surface area contributed by atoms with Crippen LogP contribution in [0.2, 0.25) is 5.02 Å². The number of amides is 1. The first-order chi connectivity index (χ1) is 13.0. The summed E-state index contributed by atoms with van der Waals surface area (Å²) in [7, 11) is 0.